The number of rotatable bonds is 3. The maximum absolute atomic E-state index is 13.2. The van der Waals surface area contributed by atoms with Gasteiger partial charge < -0.3 is 10.8 Å². The summed E-state index contributed by atoms with van der Waals surface area (Å²) in [7, 11) is 0. The first-order valence-electron chi connectivity index (χ1n) is 4.44. The van der Waals surface area contributed by atoms with E-state index in [2.05, 4.69) is 0 Å². The second-order valence-corrected chi connectivity index (χ2v) is 3.62. The van der Waals surface area contributed by atoms with Gasteiger partial charge in [0.05, 0.1) is 6.10 Å². The third kappa shape index (κ3) is 2.44. The van der Waals surface area contributed by atoms with Crippen LogP contribution in [0.4, 0.5) is 4.39 Å². The van der Waals surface area contributed by atoms with Crippen LogP contribution in [0.2, 0.25) is 5.02 Å². The third-order valence-electron chi connectivity index (χ3n) is 2.15. The van der Waals surface area contributed by atoms with E-state index in [4.69, 9.17) is 17.3 Å². The summed E-state index contributed by atoms with van der Waals surface area (Å²) < 4.78 is 13.2. The Morgan fingerprint density at radius 1 is 1.57 bits per heavy atom. The van der Waals surface area contributed by atoms with Crippen molar-refractivity contribution >= 4 is 11.6 Å². The Hall–Kier alpha value is -0.640. The van der Waals surface area contributed by atoms with E-state index in [1.165, 1.54) is 18.2 Å². The number of aliphatic hydroxyl groups is 1. The number of nitrogens with two attached hydrogens (primary N) is 1. The van der Waals surface area contributed by atoms with E-state index < -0.39 is 18.0 Å². The second kappa shape index (κ2) is 4.73. The first-order valence-corrected chi connectivity index (χ1v) is 4.82. The van der Waals surface area contributed by atoms with Gasteiger partial charge >= 0.3 is 0 Å². The molecule has 4 heteroatoms. The maximum atomic E-state index is 13.2. The van der Waals surface area contributed by atoms with Gasteiger partial charge in [-0.1, -0.05) is 18.5 Å². The summed E-state index contributed by atoms with van der Waals surface area (Å²) in [5.74, 6) is -0.481. The fraction of sp³-hybridized carbons (Fsp3) is 0.400. The molecular formula is C10H13ClFNO. The molecule has 0 aliphatic heterocycles. The fourth-order valence-electron chi connectivity index (χ4n) is 1.20. The summed E-state index contributed by atoms with van der Waals surface area (Å²) in [4.78, 5) is 0. The zero-order valence-corrected chi connectivity index (χ0v) is 8.63. The van der Waals surface area contributed by atoms with Crippen molar-refractivity contribution < 1.29 is 9.50 Å². The van der Waals surface area contributed by atoms with E-state index >= 15 is 0 Å². The first kappa shape index (κ1) is 11.4. The van der Waals surface area contributed by atoms with Gasteiger partial charge in [0.2, 0.25) is 0 Å². The average Bonchev–Trinajstić information content (AvgIpc) is 2.19. The molecule has 78 valence electrons. The van der Waals surface area contributed by atoms with Gasteiger partial charge in [0, 0.05) is 16.6 Å². The smallest absolute Gasteiger partial charge is 0.129 e. The van der Waals surface area contributed by atoms with Gasteiger partial charge in [-0.15, -0.1) is 0 Å². The Morgan fingerprint density at radius 3 is 2.79 bits per heavy atom. The Morgan fingerprint density at radius 2 is 2.21 bits per heavy atom. The van der Waals surface area contributed by atoms with Crippen molar-refractivity contribution in [2.45, 2.75) is 25.5 Å². The van der Waals surface area contributed by atoms with E-state index in [0.29, 0.717) is 11.4 Å². The molecule has 0 aromatic heterocycles. The Balaban J connectivity index is 2.99. The Kier molecular flexibility index (Phi) is 3.86. The molecule has 1 aromatic rings. The molecular weight excluding hydrogens is 205 g/mol. The van der Waals surface area contributed by atoms with Crippen molar-refractivity contribution in [2.75, 3.05) is 0 Å². The van der Waals surface area contributed by atoms with E-state index in [1.54, 1.807) is 0 Å². The van der Waals surface area contributed by atoms with Crippen LogP contribution in [-0.2, 0) is 0 Å². The molecule has 2 atom stereocenters. The minimum absolute atomic E-state index is 0.159. The predicted octanol–water partition coefficient (Wildman–Crippen LogP) is 2.25. The van der Waals surface area contributed by atoms with Crippen LogP contribution < -0.4 is 5.73 Å². The van der Waals surface area contributed by atoms with Crippen LogP contribution in [0.25, 0.3) is 0 Å². The molecule has 0 aliphatic rings. The molecule has 0 amide bonds. The van der Waals surface area contributed by atoms with E-state index in [0.717, 1.165) is 0 Å². The van der Waals surface area contributed by atoms with Crippen molar-refractivity contribution in [3.8, 4) is 0 Å². The summed E-state index contributed by atoms with van der Waals surface area (Å²) in [5.41, 5.74) is 5.77. The molecule has 0 saturated carbocycles. The number of halogens is 2. The highest BCUT2D eigenvalue weighted by Gasteiger charge is 2.18. The minimum atomic E-state index is -1.00. The SMILES string of the molecule is CCC(N)C(O)c1cc(Cl)ccc1F. The summed E-state index contributed by atoms with van der Waals surface area (Å²) in [6.45, 7) is 1.83. The highest BCUT2D eigenvalue weighted by Crippen LogP contribution is 2.23. The number of benzene rings is 1. The predicted molar refractivity (Wildman–Crippen MR) is 54.6 cm³/mol. The molecule has 14 heavy (non-hydrogen) atoms. The van der Waals surface area contributed by atoms with E-state index in [-0.39, 0.29) is 5.56 Å². The minimum Gasteiger partial charge on any atom is -0.387 e. The van der Waals surface area contributed by atoms with Crippen molar-refractivity contribution in [3.05, 3.63) is 34.6 Å². The lowest BCUT2D eigenvalue weighted by Gasteiger charge is -2.18. The van der Waals surface area contributed by atoms with E-state index in [1.807, 2.05) is 6.92 Å². The van der Waals surface area contributed by atoms with Crippen molar-refractivity contribution in [1.29, 1.82) is 0 Å². The largest absolute Gasteiger partial charge is 0.387 e. The molecule has 0 spiro atoms. The monoisotopic (exact) mass is 217 g/mol. The summed E-state index contributed by atoms with van der Waals surface area (Å²) in [5, 5.41) is 10.1. The molecule has 3 N–H and O–H groups in total. The lowest BCUT2D eigenvalue weighted by Crippen LogP contribution is -2.27. The number of hydrogen-bond donors (Lipinski definition) is 2. The molecule has 0 aliphatic carbocycles. The normalized spacial score (nSPS) is 15.2. The molecule has 1 rings (SSSR count). The van der Waals surface area contributed by atoms with Crippen molar-refractivity contribution in [1.82, 2.24) is 0 Å². The summed E-state index contributed by atoms with van der Waals surface area (Å²) in [6, 6.07) is 3.59. The van der Waals surface area contributed by atoms with Crippen LogP contribution >= 0.6 is 11.6 Å². The maximum Gasteiger partial charge on any atom is 0.129 e. The molecule has 0 saturated heterocycles. The van der Waals surface area contributed by atoms with Gasteiger partial charge in [0.1, 0.15) is 5.82 Å². The highest BCUT2D eigenvalue weighted by molar-refractivity contribution is 6.30. The Bertz CT molecular complexity index is 319. The van der Waals surface area contributed by atoms with E-state index in [9.17, 15) is 9.50 Å². The van der Waals surface area contributed by atoms with Crippen LogP contribution in [0.15, 0.2) is 18.2 Å². The quantitative estimate of drug-likeness (QED) is 0.816. The van der Waals surface area contributed by atoms with Gasteiger partial charge in [0.15, 0.2) is 0 Å². The molecule has 0 heterocycles. The molecule has 1 aromatic carbocycles. The zero-order chi connectivity index (χ0) is 10.7. The first-order chi connectivity index (χ1) is 6.56. The second-order valence-electron chi connectivity index (χ2n) is 3.18. The number of aliphatic hydroxyl groups excluding tert-OH is 1. The van der Waals surface area contributed by atoms with Gasteiger partial charge in [0.25, 0.3) is 0 Å². The van der Waals surface area contributed by atoms with Crippen molar-refractivity contribution in [2.24, 2.45) is 5.73 Å². The topological polar surface area (TPSA) is 46.2 Å². The molecule has 2 nitrogen and oxygen atoms in total. The molecule has 0 bridgehead atoms. The van der Waals surface area contributed by atoms with Gasteiger partial charge in [-0.05, 0) is 24.6 Å². The van der Waals surface area contributed by atoms with Crippen molar-refractivity contribution in [3.63, 3.8) is 0 Å². The fourth-order valence-corrected chi connectivity index (χ4v) is 1.38. The molecule has 0 fully saturated rings. The average molecular weight is 218 g/mol. The van der Waals surface area contributed by atoms with Crippen LogP contribution in [0, 0.1) is 5.82 Å². The summed E-state index contributed by atoms with van der Waals surface area (Å²) >= 11 is 5.69. The van der Waals surface area contributed by atoms with Crippen LogP contribution in [0.5, 0.6) is 0 Å². The highest BCUT2D eigenvalue weighted by atomic mass is 35.5. The molecule has 2 unspecified atom stereocenters. The molecule has 0 radical (unpaired) electrons. The van der Waals surface area contributed by atoms with Crippen LogP contribution in [0.3, 0.4) is 0 Å². The third-order valence-corrected chi connectivity index (χ3v) is 2.39. The Labute approximate surface area is 87.5 Å². The van der Waals surface area contributed by atoms with Gasteiger partial charge in [-0.25, -0.2) is 4.39 Å². The number of hydrogen-bond acceptors (Lipinski definition) is 2. The summed E-state index contributed by atoms with van der Waals surface area (Å²) in [6.07, 6.45) is -0.425. The zero-order valence-electron chi connectivity index (χ0n) is 7.87. The standard InChI is InChI=1S/C10H13ClFNO/c1-2-9(13)10(14)7-5-6(11)3-4-8(7)12/h3-5,9-10,14H,2,13H2,1H3. The van der Waals surface area contributed by atoms with Crippen LogP contribution in [0.1, 0.15) is 25.0 Å². The lowest BCUT2D eigenvalue weighted by molar-refractivity contribution is 0.140. The van der Waals surface area contributed by atoms with Crippen LogP contribution in [-0.4, -0.2) is 11.1 Å². The van der Waals surface area contributed by atoms with Gasteiger partial charge in [-0.3, -0.25) is 0 Å². The van der Waals surface area contributed by atoms with Gasteiger partial charge in [-0.2, -0.15) is 0 Å². The lowest BCUT2D eigenvalue weighted by atomic mass is 10.0.